The Balaban J connectivity index is 3.42. The molecule has 0 aliphatic heterocycles. The molecule has 0 bridgehead atoms. The molecule has 0 unspecified atom stereocenters. The Morgan fingerprint density at radius 3 is 2.12 bits per heavy atom. The average molecular weight is 136 g/mol. The molecule has 1 N–H and O–H groups in total. The first-order valence-electron chi connectivity index (χ1n) is 2.38. The number of hydrogen-bond donors (Lipinski definition) is 0. The molecule has 49 valence electrons. The Labute approximate surface area is 49.8 Å². The van der Waals surface area contributed by atoms with E-state index in [2.05, 4.69) is 0 Å². The van der Waals surface area contributed by atoms with Crippen LogP contribution in [0, 0.1) is 0 Å². The summed E-state index contributed by atoms with van der Waals surface area (Å²) in [5, 5.41) is 0. The molecule has 0 aliphatic rings. The second-order valence-corrected chi connectivity index (χ2v) is 3.99. The zero-order chi connectivity index (χ0) is 6.62. The molecule has 0 fully saturated rings. The molecule has 0 aromatic rings. The van der Waals surface area contributed by atoms with Gasteiger partial charge in [0, 0.05) is 12.8 Å². The van der Waals surface area contributed by atoms with E-state index >= 15 is 0 Å². The van der Waals surface area contributed by atoms with Crippen molar-refractivity contribution in [3.8, 4) is 0 Å². The van der Waals surface area contributed by atoms with Gasteiger partial charge in [0.25, 0.3) is 0 Å². The second kappa shape index (κ2) is 3.04. The molecule has 0 atom stereocenters. The maximum absolute atomic E-state index is 10.3. The van der Waals surface area contributed by atoms with Crippen molar-refractivity contribution in [3.63, 3.8) is 0 Å². The van der Waals surface area contributed by atoms with Crippen molar-refractivity contribution in [2.45, 2.75) is 6.42 Å². The van der Waals surface area contributed by atoms with Gasteiger partial charge in [-0.25, -0.2) is 8.42 Å². The largest absolute Gasteiger partial charge is 0.258 e. The van der Waals surface area contributed by atoms with Crippen LogP contribution in [0.5, 0.6) is 0 Å². The van der Waals surface area contributed by atoms with Gasteiger partial charge in [-0.15, -0.1) is 0 Å². The molecule has 4 heteroatoms. The minimum Gasteiger partial charge on any atom is -0.258 e. The summed E-state index contributed by atoms with van der Waals surface area (Å²) in [5.41, 5.74) is 6.62. The van der Waals surface area contributed by atoms with E-state index in [4.69, 9.17) is 5.73 Å². The van der Waals surface area contributed by atoms with Gasteiger partial charge < -0.3 is 0 Å². The molecule has 8 heavy (non-hydrogen) atoms. The highest BCUT2D eigenvalue weighted by atomic mass is 32.2. The molecule has 0 amide bonds. The van der Waals surface area contributed by atoms with E-state index in [1.54, 1.807) is 0 Å². The third-order valence-corrected chi connectivity index (χ3v) is 1.72. The molecular weight excluding hydrogens is 126 g/mol. The van der Waals surface area contributed by atoms with E-state index in [0.29, 0.717) is 6.42 Å². The highest BCUT2D eigenvalue weighted by Crippen LogP contribution is 1.84. The van der Waals surface area contributed by atoms with Gasteiger partial charge in [-0.05, 0) is 6.42 Å². The van der Waals surface area contributed by atoms with E-state index in [0.717, 1.165) is 0 Å². The maximum atomic E-state index is 10.3. The van der Waals surface area contributed by atoms with Gasteiger partial charge in [0.15, 0.2) is 0 Å². The highest BCUT2D eigenvalue weighted by Gasteiger charge is 1.98. The fraction of sp³-hybridized carbons (Fsp3) is 1.00. The second-order valence-electron chi connectivity index (χ2n) is 1.73. The lowest BCUT2D eigenvalue weighted by atomic mass is 10.5. The minimum atomic E-state index is -2.81. The van der Waals surface area contributed by atoms with Crippen molar-refractivity contribution >= 4 is 9.84 Å². The van der Waals surface area contributed by atoms with Crippen LogP contribution in [0.25, 0.3) is 0 Å². The Morgan fingerprint density at radius 1 is 1.50 bits per heavy atom. The lowest BCUT2D eigenvalue weighted by Gasteiger charge is -1.90. The maximum Gasteiger partial charge on any atom is 0.147 e. The summed E-state index contributed by atoms with van der Waals surface area (Å²) in [6.07, 6.45) is 1.64. The van der Waals surface area contributed by atoms with E-state index < -0.39 is 9.84 Å². The summed E-state index contributed by atoms with van der Waals surface area (Å²) >= 11 is 0. The van der Waals surface area contributed by atoms with Gasteiger partial charge >= 0.3 is 0 Å². The molecular formula is C4H10NO2S. The van der Waals surface area contributed by atoms with Gasteiger partial charge in [-0.3, -0.25) is 5.73 Å². The van der Waals surface area contributed by atoms with Crippen molar-refractivity contribution in [2.24, 2.45) is 0 Å². The predicted octanol–water partition coefficient (Wildman–Crippen LogP) is -0.296. The summed E-state index contributed by atoms with van der Waals surface area (Å²) in [6.45, 7) is 0.201. The zero-order valence-electron chi connectivity index (χ0n) is 4.85. The van der Waals surface area contributed by atoms with Crippen LogP contribution in [0.2, 0.25) is 0 Å². The summed E-state index contributed by atoms with van der Waals surface area (Å²) < 4.78 is 20.6. The Bertz CT molecular complexity index is 138. The third kappa shape index (κ3) is 5.91. The van der Waals surface area contributed by atoms with E-state index in [-0.39, 0.29) is 12.3 Å². The van der Waals surface area contributed by atoms with Crippen LogP contribution in [0.3, 0.4) is 0 Å². The smallest absolute Gasteiger partial charge is 0.147 e. The highest BCUT2D eigenvalue weighted by molar-refractivity contribution is 7.90. The van der Waals surface area contributed by atoms with Crippen LogP contribution in [0.4, 0.5) is 0 Å². The van der Waals surface area contributed by atoms with Gasteiger partial charge in [0.05, 0.1) is 5.75 Å². The Hall–Kier alpha value is -0.0900. The molecule has 0 aromatic carbocycles. The number of hydrogen-bond acceptors (Lipinski definition) is 2. The lowest BCUT2D eigenvalue weighted by Crippen LogP contribution is -2.04. The lowest BCUT2D eigenvalue weighted by molar-refractivity contribution is 0.599. The first-order chi connectivity index (χ1) is 3.56. The molecule has 3 nitrogen and oxygen atoms in total. The fourth-order valence-corrected chi connectivity index (χ4v) is 1.00. The van der Waals surface area contributed by atoms with Crippen LogP contribution in [0.1, 0.15) is 6.42 Å². The van der Waals surface area contributed by atoms with Gasteiger partial charge in [0.2, 0.25) is 0 Å². The van der Waals surface area contributed by atoms with Gasteiger partial charge in [0.1, 0.15) is 9.84 Å². The topological polar surface area (TPSA) is 57.9 Å². The summed E-state index contributed by atoms with van der Waals surface area (Å²) in [7, 11) is -2.81. The molecule has 0 saturated carbocycles. The van der Waals surface area contributed by atoms with Crippen molar-refractivity contribution in [2.75, 3.05) is 18.6 Å². The van der Waals surface area contributed by atoms with Gasteiger partial charge in [-0.1, -0.05) is 0 Å². The van der Waals surface area contributed by atoms with Gasteiger partial charge in [-0.2, -0.15) is 0 Å². The molecule has 0 spiro atoms. The van der Waals surface area contributed by atoms with Crippen LogP contribution in [0.15, 0.2) is 0 Å². The number of sulfone groups is 1. The molecule has 0 aromatic heterocycles. The standard InChI is InChI=1S/C4H10NO2S/c1-8(6,7)4-2-3-5/h5H,2-4H2,1H3. The minimum absolute atomic E-state index is 0.149. The average Bonchev–Trinajstić information content (AvgIpc) is 1.59. The van der Waals surface area contributed by atoms with Crippen molar-refractivity contribution < 1.29 is 8.42 Å². The summed E-state index contributed by atoms with van der Waals surface area (Å²) in [6, 6.07) is 0. The van der Waals surface area contributed by atoms with Crippen LogP contribution in [-0.2, 0) is 9.84 Å². The van der Waals surface area contributed by atoms with E-state index in [9.17, 15) is 8.42 Å². The normalized spacial score (nSPS) is 11.8. The zero-order valence-corrected chi connectivity index (χ0v) is 5.66. The Kier molecular flexibility index (Phi) is 3.01. The molecule has 0 saturated heterocycles. The third-order valence-electron chi connectivity index (χ3n) is 0.692. The molecule has 1 radical (unpaired) electrons. The van der Waals surface area contributed by atoms with Crippen LogP contribution < -0.4 is 5.73 Å². The SMILES string of the molecule is CS(=O)(=O)CCC[NH]. The summed E-state index contributed by atoms with van der Waals surface area (Å²) in [5.74, 6) is 0.149. The molecule has 0 rings (SSSR count). The Morgan fingerprint density at radius 2 is 2.00 bits per heavy atom. The van der Waals surface area contributed by atoms with Crippen molar-refractivity contribution in [1.29, 1.82) is 0 Å². The van der Waals surface area contributed by atoms with Crippen LogP contribution in [-0.4, -0.2) is 27.0 Å². The number of rotatable bonds is 3. The van der Waals surface area contributed by atoms with E-state index in [1.165, 1.54) is 6.26 Å². The summed E-state index contributed by atoms with van der Waals surface area (Å²) in [4.78, 5) is 0. The fourth-order valence-electron chi connectivity index (χ4n) is 0.334. The van der Waals surface area contributed by atoms with Crippen molar-refractivity contribution in [3.05, 3.63) is 0 Å². The predicted molar refractivity (Wildman–Crippen MR) is 32.3 cm³/mol. The molecule has 0 heterocycles. The quantitative estimate of drug-likeness (QED) is 0.535. The first-order valence-corrected chi connectivity index (χ1v) is 4.44. The molecule has 0 aliphatic carbocycles. The van der Waals surface area contributed by atoms with E-state index in [1.807, 2.05) is 0 Å². The number of nitrogens with one attached hydrogen (secondary N) is 1. The van der Waals surface area contributed by atoms with Crippen molar-refractivity contribution in [1.82, 2.24) is 5.73 Å². The monoisotopic (exact) mass is 136 g/mol. The van der Waals surface area contributed by atoms with Crippen LogP contribution >= 0.6 is 0 Å². The first kappa shape index (κ1) is 7.91.